The number of carbonyl (C=O) groups excluding carboxylic acids is 1. The number of hydrogen-bond acceptors (Lipinski definition) is 2. The molecule has 0 spiro atoms. The van der Waals surface area contributed by atoms with Crippen LogP contribution in [0.25, 0.3) is 0 Å². The highest BCUT2D eigenvalue weighted by atomic mass is 79.9. The van der Waals surface area contributed by atoms with Crippen molar-refractivity contribution in [2.45, 2.75) is 19.3 Å². The van der Waals surface area contributed by atoms with Crippen molar-refractivity contribution in [3.8, 4) is 0 Å². The van der Waals surface area contributed by atoms with Crippen molar-refractivity contribution in [3.05, 3.63) is 34.2 Å². The molecule has 1 aromatic heterocycles. The van der Waals surface area contributed by atoms with E-state index in [1.165, 1.54) is 18.3 Å². The van der Waals surface area contributed by atoms with Crippen molar-refractivity contribution in [2.75, 3.05) is 11.9 Å². The summed E-state index contributed by atoms with van der Waals surface area (Å²) in [6, 6.07) is 2.87. The van der Waals surface area contributed by atoms with Crippen molar-refractivity contribution in [3.63, 3.8) is 0 Å². The van der Waals surface area contributed by atoms with Gasteiger partial charge in [-0.25, -0.2) is 0 Å². The highest BCUT2D eigenvalue weighted by Gasteiger charge is 2.03. The van der Waals surface area contributed by atoms with Crippen LogP contribution in [-0.2, 0) is 0 Å². The zero-order valence-electron chi connectivity index (χ0n) is 8.96. The van der Waals surface area contributed by atoms with Crippen LogP contribution in [0.5, 0.6) is 0 Å². The quantitative estimate of drug-likeness (QED) is 0.617. The van der Waals surface area contributed by atoms with E-state index in [2.05, 4.69) is 26.2 Å². The molecule has 5 heteroatoms. The summed E-state index contributed by atoms with van der Waals surface area (Å²) in [5.74, 6) is -0.143. The van der Waals surface area contributed by atoms with Gasteiger partial charge in [0, 0.05) is 24.1 Å². The van der Waals surface area contributed by atoms with Crippen molar-refractivity contribution in [1.82, 2.24) is 10.3 Å². The number of unbranched alkanes of at least 4 members (excludes halogenated alkanes) is 2. The fourth-order valence-electron chi connectivity index (χ4n) is 1.25. The highest BCUT2D eigenvalue weighted by Crippen LogP contribution is 1.98. The van der Waals surface area contributed by atoms with Gasteiger partial charge in [-0.1, -0.05) is 22.4 Å². The van der Waals surface area contributed by atoms with Gasteiger partial charge in [0.15, 0.2) is 0 Å². The van der Waals surface area contributed by atoms with Gasteiger partial charge in [-0.3, -0.25) is 9.59 Å². The van der Waals surface area contributed by atoms with Crippen LogP contribution in [-0.4, -0.2) is 22.8 Å². The minimum absolute atomic E-state index is 0.143. The summed E-state index contributed by atoms with van der Waals surface area (Å²) >= 11 is 3.35. The molecule has 0 bridgehead atoms. The van der Waals surface area contributed by atoms with Gasteiger partial charge in [-0.15, -0.1) is 0 Å². The Morgan fingerprint density at radius 2 is 2.12 bits per heavy atom. The minimum Gasteiger partial charge on any atom is -0.352 e. The van der Waals surface area contributed by atoms with E-state index in [9.17, 15) is 9.59 Å². The molecule has 0 aromatic carbocycles. The lowest BCUT2D eigenvalue weighted by molar-refractivity contribution is 0.0952. The Hall–Kier alpha value is -1.10. The second-order valence-corrected chi connectivity index (χ2v) is 4.24. The Labute approximate surface area is 103 Å². The van der Waals surface area contributed by atoms with E-state index in [1.54, 1.807) is 0 Å². The van der Waals surface area contributed by atoms with E-state index >= 15 is 0 Å². The zero-order chi connectivity index (χ0) is 11.8. The van der Waals surface area contributed by atoms with Gasteiger partial charge in [0.2, 0.25) is 5.56 Å². The molecule has 0 aliphatic carbocycles. The number of alkyl halides is 1. The topological polar surface area (TPSA) is 62.0 Å². The number of nitrogens with one attached hydrogen (secondary N) is 2. The zero-order valence-corrected chi connectivity index (χ0v) is 10.5. The van der Waals surface area contributed by atoms with Gasteiger partial charge in [0.1, 0.15) is 0 Å². The molecule has 1 rings (SSSR count). The lowest BCUT2D eigenvalue weighted by Crippen LogP contribution is -2.25. The fraction of sp³-hybridized carbons (Fsp3) is 0.455. The van der Waals surface area contributed by atoms with Crippen LogP contribution in [0.4, 0.5) is 0 Å². The smallest absolute Gasteiger partial charge is 0.252 e. The van der Waals surface area contributed by atoms with Gasteiger partial charge in [0.05, 0.1) is 5.56 Å². The van der Waals surface area contributed by atoms with E-state index in [-0.39, 0.29) is 11.5 Å². The Balaban J connectivity index is 2.30. The molecule has 0 atom stereocenters. The average Bonchev–Trinajstić information content (AvgIpc) is 2.29. The number of H-pyrrole nitrogens is 1. The molecule has 0 fully saturated rings. The summed E-state index contributed by atoms with van der Waals surface area (Å²) in [6.07, 6.45) is 4.61. The molecule has 0 unspecified atom stereocenters. The van der Waals surface area contributed by atoms with Gasteiger partial charge < -0.3 is 10.3 Å². The first-order valence-corrected chi connectivity index (χ1v) is 6.39. The van der Waals surface area contributed by atoms with Crippen molar-refractivity contribution in [1.29, 1.82) is 0 Å². The van der Waals surface area contributed by atoms with Crippen LogP contribution >= 0.6 is 15.9 Å². The molecule has 0 saturated heterocycles. The Morgan fingerprint density at radius 3 is 2.75 bits per heavy atom. The average molecular weight is 287 g/mol. The molecule has 1 aromatic rings. The first-order chi connectivity index (χ1) is 7.74. The molecule has 0 saturated carbocycles. The lowest BCUT2D eigenvalue weighted by Gasteiger charge is -2.04. The van der Waals surface area contributed by atoms with E-state index < -0.39 is 0 Å². The first-order valence-electron chi connectivity index (χ1n) is 5.27. The van der Waals surface area contributed by atoms with Crippen molar-refractivity contribution >= 4 is 21.8 Å². The molecule has 0 aliphatic heterocycles. The van der Waals surface area contributed by atoms with E-state index in [0.717, 1.165) is 24.6 Å². The predicted octanol–water partition coefficient (Wildman–Crippen LogP) is 1.67. The Bertz CT molecular complexity index is 369. The number of rotatable bonds is 6. The van der Waals surface area contributed by atoms with Crippen LogP contribution in [0.1, 0.15) is 29.6 Å². The SMILES string of the molecule is O=C(NCCCCCBr)c1ccc(=O)[nH]c1. The largest absolute Gasteiger partial charge is 0.352 e. The summed E-state index contributed by atoms with van der Waals surface area (Å²) < 4.78 is 0. The standard InChI is InChI=1S/C11H15BrN2O2/c12-6-2-1-3-7-13-11(16)9-4-5-10(15)14-8-9/h4-5,8H,1-3,6-7H2,(H,13,16)(H,14,15). The molecular weight excluding hydrogens is 272 g/mol. The van der Waals surface area contributed by atoms with E-state index in [4.69, 9.17) is 0 Å². The number of carbonyl (C=O) groups is 1. The number of hydrogen-bond donors (Lipinski definition) is 2. The molecule has 0 radical (unpaired) electrons. The second-order valence-electron chi connectivity index (χ2n) is 3.45. The summed E-state index contributed by atoms with van der Waals surface area (Å²) in [6.45, 7) is 0.672. The van der Waals surface area contributed by atoms with Gasteiger partial charge >= 0.3 is 0 Å². The highest BCUT2D eigenvalue weighted by molar-refractivity contribution is 9.09. The number of aromatic nitrogens is 1. The van der Waals surface area contributed by atoms with Crippen molar-refractivity contribution < 1.29 is 4.79 Å². The summed E-state index contributed by atoms with van der Waals surface area (Å²) in [4.78, 5) is 24.8. The molecular formula is C11H15BrN2O2. The lowest BCUT2D eigenvalue weighted by atomic mass is 10.2. The summed E-state index contributed by atoms with van der Waals surface area (Å²) in [5, 5.41) is 3.80. The third-order valence-corrected chi connectivity index (χ3v) is 2.70. The molecule has 88 valence electrons. The summed E-state index contributed by atoms with van der Waals surface area (Å²) in [5.41, 5.74) is 0.286. The summed E-state index contributed by atoms with van der Waals surface area (Å²) in [7, 11) is 0. The fourth-order valence-corrected chi connectivity index (χ4v) is 1.65. The van der Waals surface area contributed by atoms with E-state index in [1.807, 2.05) is 0 Å². The van der Waals surface area contributed by atoms with Crippen LogP contribution in [0.15, 0.2) is 23.1 Å². The van der Waals surface area contributed by atoms with Gasteiger partial charge in [0.25, 0.3) is 5.91 Å². The molecule has 4 nitrogen and oxygen atoms in total. The maximum atomic E-state index is 11.5. The van der Waals surface area contributed by atoms with E-state index in [0.29, 0.717) is 12.1 Å². The monoisotopic (exact) mass is 286 g/mol. The van der Waals surface area contributed by atoms with Crippen LogP contribution in [0, 0.1) is 0 Å². The number of halogens is 1. The van der Waals surface area contributed by atoms with Crippen LogP contribution < -0.4 is 10.9 Å². The first kappa shape index (κ1) is 13.0. The molecule has 1 heterocycles. The number of amides is 1. The third-order valence-electron chi connectivity index (χ3n) is 2.14. The third kappa shape index (κ3) is 4.61. The Kier molecular flexibility index (Phi) is 5.85. The van der Waals surface area contributed by atoms with Crippen LogP contribution in [0.2, 0.25) is 0 Å². The number of aromatic amines is 1. The molecule has 2 N–H and O–H groups in total. The van der Waals surface area contributed by atoms with Gasteiger partial charge in [-0.2, -0.15) is 0 Å². The Morgan fingerprint density at radius 1 is 1.31 bits per heavy atom. The maximum Gasteiger partial charge on any atom is 0.252 e. The van der Waals surface area contributed by atoms with Crippen molar-refractivity contribution in [2.24, 2.45) is 0 Å². The van der Waals surface area contributed by atoms with Crippen LogP contribution in [0.3, 0.4) is 0 Å². The number of pyridine rings is 1. The second kappa shape index (κ2) is 7.22. The maximum absolute atomic E-state index is 11.5. The molecule has 16 heavy (non-hydrogen) atoms. The normalized spacial score (nSPS) is 10.1. The predicted molar refractivity (Wildman–Crippen MR) is 67.0 cm³/mol. The molecule has 1 amide bonds. The minimum atomic E-state index is -0.200. The molecule has 0 aliphatic rings. The van der Waals surface area contributed by atoms with Gasteiger partial charge in [-0.05, 0) is 18.9 Å².